The van der Waals surface area contributed by atoms with E-state index in [9.17, 15) is 0 Å². The summed E-state index contributed by atoms with van der Waals surface area (Å²) < 4.78 is 5.15. The van der Waals surface area contributed by atoms with E-state index in [2.05, 4.69) is 306 Å². The van der Waals surface area contributed by atoms with Crippen LogP contribution < -0.4 is 9.80 Å². The summed E-state index contributed by atoms with van der Waals surface area (Å²) in [5.41, 5.74) is 26.6. The number of aryl methyl sites for hydroxylation is 4. The highest BCUT2D eigenvalue weighted by Crippen LogP contribution is 2.54. The SMILES string of the molecule is Cc1ccc(C)c(N(c2ccc(C(C)(C)C)cc2-c2ccccc2)c2ccc3c4cc5c(cc4n4c6ccccc6c2c34)c2ccc(N(c3cc(C)ccc3C)c3ccc(C(C)(C)C)cc3-c3ccccc3)c3c4ccccc4n5c23)c1. The van der Waals surface area contributed by atoms with Crippen molar-refractivity contribution in [3.8, 4) is 22.3 Å². The Kier molecular flexibility index (Phi) is 10.9. The average molecular weight is 1060 g/mol. The summed E-state index contributed by atoms with van der Waals surface area (Å²) in [6.45, 7) is 22.8. The number of fused-ring (bicyclic) bond motifs is 12. The second-order valence-corrected chi connectivity index (χ2v) is 25.2. The van der Waals surface area contributed by atoms with Gasteiger partial charge in [-0.15, -0.1) is 0 Å². The second kappa shape index (κ2) is 18.1. The molecule has 0 aliphatic carbocycles. The molecule has 15 rings (SSSR count). The average Bonchev–Trinajstić information content (AvgIpc) is 1.64. The lowest BCUT2D eigenvalue weighted by atomic mass is 9.84. The van der Waals surface area contributed by atoms with Crippen molar-refractivity contribution >= 4 is 110 Å². The van der Waals surface area contributed by atoms with E-state index in [0.29, 0.717) is 0 Å². The maximum absolute atomic E-state index is 2.58. The van der Waals surface area contributed by atoms with Crippen LogP contribution in [0.4, 0.5) is 34.1 Å². The van der Waals surface area contributed by atoms with Crippen LogP contribution in [0.3, 0.4) is 0 Å². The lowest BCUT2D eigenvalue weighted by Crippen LogP contribution is -2.15. The smallest absolute Gasteiger partial charge is 0.0641 e. The minimum absolute atomic E-state index is 0.0346. The van der Waals surface area contributed by atoms with Gasteiger partial charge in [0.15, 0.2) is 0 Å². The number of hydrogen-bond acceptors (Lipinski definition) is 2. The molecule has 0 amide bonds. The first-order chi connectivity index (χ1) is 39.6. The van der Waals surface area contributed by atoms with Crippen molar-refractivity contribution in [1.29, 1.82) is 0 Å². The highest BCUT2D eigenvalue weighted by Gasteiger charge is 2.31. The number of para-hydroxylation sites is 2. The summed E-state index contributed by atoms with van der Waals surface area (Å²) in [4.78, 5) is 5.13. The van der Waals surface area contributed by atoms with Crippen LogP contribution >= 0.6 is 0 Å². The summed E-state index contributed by atoms with van der Waals surface area (Å²) >= 11 is 0. The van der Waals surface area contributed by atoms with Gasteiger partial charge < -0.3 is 18.6 Å². The lowest BCUT2D eigenvalue weighted by molar-refractivity contribution is 0.590. The Morgan fingerprint density at radius 1 is 0.293 bits per heavy atom. The first kappa shape index (κ1) is 49.6. The highest BCUT2D eigenvalue weighted by molar-refractivity contribution is 6.32. The molecule has 82 heavy (non-hydrogen) atoms. The minimum atomic E-state index is -0.0346. The molecule has 4 nitrogen and oxygen atoms in total. The van der Waals surface area contributed by atoms with Crippen LogP contribution in [0, 0.1) is 27.7 Å². The van der Waals surface area contributed by atoms with E-state index < -0.39 is 0 Å². The third-order valence-corrected chi connectivity index (χ3v) is 17.8. The van der Waals surface area contributed by atoms with Gasteiger partial charge >= 0.3 is 0 Å². The Balaban J connectivity index is 1.02. The van der Waals surface area contributed by atoms with Crippen molar-refractivity contribution in [3.63, 3.8) is 0 Å². The van der Waals surface area contributed by atoms with Crippen LogP contribution in [0.15, 0.2) is 218 Å². The van der Waals surface area contributed by atoms with Crippen molar-refractivity contribution in [2.24, 2.45) is 0 Å². The van der Waals surface area contributed by atoms with Crippen LogP contribution in [0.1, 0.15) is 74.9 Å². The molecule has 0 radical (unpaired) electrons. The highest BCUT2D eigenvalue weighted by atomic mass is 15.2. The first-order valence-corrected chi connectivity index (χ1v) is 29.1. The van der Waals surface area contributed by atoms with Crippen molar-refractivity contribution in [2.75, 3.05) is 9.80 Å². The molecule has 0 atom stereocenters. The molecule has 0 saturated carbocycles. The Labute approximate surface area is 480 Å². The van der Waals surface area contributed by atoms with Gasteiger partial charge in [-0.2, -0.15) is 0 Å². The summed E-state index contributed by atoms with van der Waals surface area (Å²) in [5, 5.41) is 9.97. The van der Waals surface area contributed by atoms with Gasteiger partial charge in [-0.1, -0.05) is 187 Å². The van der Waals surface area contributed by atoms with Crippen molar-refractivity contribution in [3.05, 3.63) is 252 Å². The summed E-state index contributed by atoms with van der Waals surface area (Å²) in [5.74, 6) is 0. The van der Waals surface area contributed by atoms with E-state index in [1.165, 1.54) is 143 Å². The predicted octanol–water partition coefficient (Wildman–Crippen LogP) is 22.1. The fourth-order valence-corrected chi connectivity index (χ4v) is 13.6. The zero-order chi connectivity index (χ0) is 56.1. The van der Waals surface area contributed by atoms with Gasteiger partial charge in [-0.05, 0) is 156 Å². The fraction of sp³-hybridized carbons (Fsp3) is 0.154. The zero-order valence-electron chi connectivity index (χ0n) is 48.6. The Morgan fingerprint density at radius 3 is 1.07 bits per heavy atom. The second-order valence-electron chi connectivity index (χ2n) is 25.2. The third-order valence-electron chi connectivity index (χ3n) is 17.8. The molecule has 0 fully saturated rings. The summed E-state index contributed by atoms with van der Waals surface area (Å²) in [7, 11) is 0. The number of anilines is 6. The number of rotatable bonds is 8. The molecule has 11 aromatic carbocycles. The van der Waals surface area contributed by atoms with Crippen LogP contribution in [0.5, 0.6) is 0 Å². The third kappa shape index (κ3) is 7.43. The first-order valence-electron chi connectivity index (χ1n) is 29.1. The predicted molar refractivity (Wildman–Crippen MR) is 352 cm³/mol. The largest absolute Gasteiger partial charge is 0.309 e. The molecule has 0 unspecified atom stereocenters. The fourth-order valence-electron chi connectivity index (χ4n) is 13.6. The van der Waals surface area contributed by atoms with Crippen LogP contribution in [0.25, 0.3) is 98.4 Å². The van der Waals surface area contributed by atoms with Crippen LogP contribution in [-0.2, 0) is 10.8 Å². The molecule has 4 heteroatoms. The van der Waals surface area contributed by atoms with Gasteiger partial charge in [0, 0.05) is 65.6 Å². The Hall–Kier alpha value is -9.38. The van der Waals surface area contributed by atoms with Gasteiger partial charge in [0.1, 0.15) is 0 Å². The van der Waals surface area contributed by atoms with E-state index in [0.717, 1.165) is 22.7 Å². The molecule has 4 aromatic heterocycles. The molecule has 15 aromatic rings. The van der Waals surface area contributed by atoms with Crippen molar-refractivity contribution in [1.82, 2.24) is 8.80 Å². The standard InChI is InChI=1S/C78H66N4/c1-47-29-31-49(3)69(41-47)79(65-37-33-53(77(5,6)7)43-59(65)51-21-13-11-14-22-51)67-39-35-55-61-45-72-62(46-71(61)81-63-27-19-17-25-57(63)73(67)75(55)81)56-36-40-68(74-58-26-18-20-28-64(58)82(72)76(56)74)80(70-42-48(2)30-32-50(70)4)66-38-34-54(78(8,9)10)44-60(66)52-23-15-12-16-24-52/h11-46H,1-10H3. The van der Waals surface area contributed by atoms with Crippen LogP contribution in [0.2, 0.25) is 0 Å². The van der Waals surface area contributed by atoms with E-state index in [-0.39, 0.29) is 10.8 Å². The number of aromatic nitrogens is 2. The molecule has 0 aliphatic heterocycles. The topological polar surface area (TPSA) is 15.3 Å². The van der Waals surface area contributed by atoms with Gasteiger partial charge in [-0.3, -0.25) is 0 Å². The molecular weight excluding hydrogens is 993 g/mol. The van der Waals surface area contributed by atoms with Gasteiger partial charge in [0.25, 0.3) is 0 Å². The summed E-state index contributed by atoms with van der Waals surface area (Å²) in [6.07, 6.45) is 0. The van der Waals surface area contributed by atoms with E-state index in [1.54, 1.807) is 0 Å². The van der Waals surface area contributed by atoms with Gasteiger partial charge in [-0.25, -0.2) is 0 Å². The van der Waals surface area contributed by atoms with Gasteiger partial charge in [0.05, 0.1) is 55.8 Å². The zero-order valence-corrected chi connectivity index (χ0v) is 48.6. The lowest BCUT2D eigenvalue weighted by Gasteiger charge is -2.31. The number of hydrogen-bond donors (Lipinski definition) is 0. The minimum Gasteiger partial charge on any atom is -0.309 e. The number of benzene rings is 11. The van der Waals surface area contributed by atoms with E-state index >= 15 is 0 Å². The molecule has 0 spiro atoms. The normalized spacial score (nSPS) is 12.5. The maximum atomic E-state index is 2.58. The molecule has 0 aliphatic rings. The molecule has 0 N–H and O–H groups in total. The molecule has 398 valence electrons. The van der Waals surface area contributed by atoms with Crippen molar-refractivity contribution < 1.29 is 0 Å². The molecule has 0 saturated heterocycles. The quantitative estimate of drug-likeness (QED) is 0.151. The molecule has 4 heterocycles. The van der Waals surface area contributed by atoms with Gasteiger partial charge in [0.2, 0.25) is 0 Å². The Morgan fingerprint density at radius 2 is 0.671 bits per heavy atom. The number of nitrogens with zero attached hydrogens (tertiary/aromatic N) is 4. The van der Waals surface area contributed by atoms with E-state index in [4.69, 9.17) is 0 Å². The Bertz CT molecular complexity index is 4720. The van der Waals surface area contributed by atoms with Crippen LogP contribution in [-0.4, -0.2) is 8.80 Å². The molecule has 0 bridgehead atoms. The maximum Gasteiger partial charge on any atom is 0.0641 e. The summed E-state index contributed by atoms with van der Waals surface area (Å²) in [6, 6.07) is 82.9. The van der Waals surface area contributed by atoms with Crippen molar-refractivity contribution in [2.45, 2.75) is 80.1 Å². The molecular formula is C78H66N4. The monoisotopic (exact) mass is 1060 g/mol. The van der Waals surface area contributed by atoms with E-state index in [1.807, 2.05) is 0 Å².